The molecule has 1 aromatic heterocycles. The molecule has 2 aliphatic rings. The van der Waals surface area contributed by atoms with E-state index in [1.54, 1.807) is 11.3 Å². The van der Waals surface area contributed by atoms with Crippen molar-refractivity contribution in [1.29, 1.82) is 0 Å². The summed E-state index contributed by atoms with van der Waals surface area (Å²) in [6, 6.07) is 2.08. The lowest BCUT2D eigenvalue weighted by atomic mass is 10.0. The normalized spacial score (nSPS) is 20.7. The van der Waals surface area contributed by atoms with Crippen LogP contribution in [0.3, 0.4) is 0 Å². The molecule has 6 nitrogen and oxygen atoms in total. The number of thiophene rings is 1. The molecule has 0 radical (unpaired) electrons. The number of aliphatic hydroxyl groups excluding tert-OH is 1. The van der Waals surface area contributed by atoms with Crippen LogP contribution in [0.4, 0.5) is 0 Å². The standard InChI is InChI=1S/C20H27N3O3S/c1-15(2)18-12-19(26-21-18)20(25)23-7-4-6-22(8-9-23)13-17-11-16(14-27-17)5-3-10-24/h11,14-15,19,24H,4,6-10,12-13H2,1-2H3. The van der Waals surface area contributed by atoms with E-state index in [0.29, 0.717) is 12.3 Å². The summed E-state index contributed by atoms with van der Waals surface area (Å²) in [7, 11) is 0. The molecule has 1 aromatic rings. The van der Waals surface area contributed by atoms with E-state index in [-0.39, 0.29) is 12.5 Å². The summed E-state index contributed by atoms with van der Waals surface area (Å²) in [5.74, 6) is 6.01. The molecule has 0 aliphatic carbocycles. The number of oxime groups is 1. The van der Waals surface area contributed by atoms with Gasteiger partial charge in [-0.1, -0.05) is 30.8 Å². The smallest absolute Gasteiger partial charge is 0.266 e. The fourth-order valence-corrected chi connectivity index (χ4v) is 4.17. The van der Waals surface area contributed by atoms with Crippen LogP contribution < -0.4 is 0 Å². The molecular weight excluding hydrogens is 362 g/mol. The van der Waals surface area contributed by atoms with Crippen LogP contribution in [-0.4, -0.2) is 65.4 Å². The molecule has 1 fully saturated rings. The Balaban J connectivity index is 1.50. The second-order valence-corrected chi connectivity index (χ2v) is 8.25. The fourth-order valence-electron chi connectivity index (χ4n) is 3.31. The van der Waals surface area contributed by atoms with Crippen LogP contribution in [0, 0.1) is 17.8 Å². The summed E-state index contributed by atoms with van der Waals surface area (Å²) in [6.07, 6.45) is 1.13. The Morgan fingerprint density at radius 3 is 3.00 bits per heavy atom. The van der Waals surface area contributed by atoms with Crippen molar-refractivity contribution in [3.63, 3.8) is 0 Å². The quantitative estimate of drug-likeness (QED) is 0.799. The Morgan fingerprint density at radius 1 is 1.41 bits per heavy atom. The lowest BCUT2D eigenvalue weighted by Gasteiger charge is -2.23. The maximum Gasteiger partial charge on any atom is 0.266 e. The number of aliphatic hydroxyl groups is 1. The number of rotatable bonds is 4. The maximum atomic E-state index is 12.8. The van der Waals surface area contributed by atoms with Crippen molar-refractivity contribution in [3.8, 4) is 11.8 Å². The van der Waals surface area contributed by atoms with E-state index in [1.165, 1.54) is 4.88 Å². The Morgan fingerprint density at radius 2 is 2.26 bits per heavy atom. The van der Waals surface area contributed by atoms with Crippen molar-refractivity contribution < 1.29 is 14.7 Å². The summed E-state index contributed by atoms with van der Waals surface area (Å²) in [6.45, 7) is 8.21. The first kappa shape index (κ1) is 19.9. The van der Waals surface area contributed by atoms with E-state index in [9.17, 15) is 4.79 Å². The first-order valence-corrected chi connectivity index (χ1v) is 10.4. The van der Waals surface area contributed by atoms with Crippen LogP contribution in [0.2, 0.25) is 0 Å². The minimum Gasteiger partial charge on any atom is -0.384 e. The largest absolute Gasteiger partial charge is 0.384 e. The van der Waals surface area contributed by atoms with E-state index in [0.717, 1.165) is 50.4 Å². The third-order valence-corrected chi connectivity index (χ3v) is 5.80. The monoisotopic (exact) mass is 389 g/mol. The van der Waals surface area contributed by atoms with Crippen LogP contribution in [0.5, 0.6) is 0 Å². The highest BCUT2D eigenvalue weighted by Gasteiger charge is 2.33. The van der Waals surface area contributed by atoms with Gasteiger partial charge in [0.1, 0.15) is 6.61 Å². The van der Waals surface area contributed by atoms with Gasteiger partial charge in [0.25, 0.3) is 5.91 Å². The Hall–Kier alpha value is -1.88. The van der Waals surface area contributed by atoms with E-state index in [1.807, 2.05) is 10.3 Å². The molecule has 146 valence electrons. The third kappa shape index (κ3) is 5.32. The highest BCUT2D eigenvalue weighted by atomic mass is 32.1. The van der Waals surface area contributed by atoms with Crippen molar-refractivity contribution >= 4 is 23.0 Å². The highest BCUT2D eigenvalue weighted by Crippen LogP contribution is 2.20. The van der Waals surface area contributed by atoms with Gasteiger partial charge >= 0.3 is 0 Å². The second kappa shape index (κ2) is 9.36. The van der Waals surface area contributed by atoms with Crippen LogP contribution in [0.15, 0.2) is 16.6 Å². The predicted octanol–water partition coefficient (Wildman–Crippen LogP) is 1.93. The average molecular weight is 390 g/mol. The molecule has 27 heavy (non-hydrogen) atoms. The molecule has 1 saturated heterocycles. The molecule has 3 heterocycles. The topological polar surface area (TPSA) is 65.4 Å². The van der Waals surface area contributed by atoms with E-state index >= 15 is 0 Å². The highest BCUT2D eigenvalue weighted by molar-refractivity contribution is 7.10. The van der Waals surface area contributed by atoms with Crippen LogP contribution in [0.1, 0.15) is 37.1 Å². The molecule has 1 amide bonds. The van der Waals surface area contributed by atoms with E-state index in [4.69, 9.17) is 9.94 Å². The van der Waals surface area contributed by atoms with Gasteiger partial charge in [-0.15, -0.1) is 11.3 Å². The summed E-state index contributed by atoms with van der Waals surface area (Å²) >= 11 is 1.69. The number of carbonyl (C=O) groups excluding carboxylic acids is 1. The van der Waals surface area contributed by atoms with Gasteiger partial charge in [-0.2, -0.15) is 0 Å². The fraction of sp³-hybridized carbons (Fsp3) is 0.600. The van der Waals surface area contributed by atoms with Gasteiger partial charge in [-0.05, 0) is 18.4 Å². The number of hydrogen-bond donors (Lipinski definition) is 1. The number of amides is 1. The van der Waals surface area contributed by atoms with E-state index in [2.05, 4.69) is 41.8 Å². The lowest BCUT2D eigenvalue weighted by Crippen LogP contribution is -2.41. The molecule has 3 rings (SSSR count). The minimum atomic E-state index is -0.445. The molecule has 7 heteroatoms. The molecule has 0 aromatic carbocycles. The molecule has 1 atom stereocenters. The molecule has 0 spiro atoms. The summed E-state index contributed by atoms with van der Waals surface area (Å²) in [5, 5.41) is 14.9. The van der Waals surface area contributed by atoms with Gasteiger partial charge in [0, 0.05) is 55.0 Å². The van der Waals surface area contributed by atoms with Gasteiger partial charge in [0.2, 0.25) is 6.10 Å². The zero-order valence-electron chi connectivity index (χ0n) is 16.0. The van der Waals surface area contributed by atoms with Crippen molar-refractivity contribution in [2.75, 3.05) is 32.8 Å². The molecular formula is C20H27N3O3S. The average Bonchev–Trinajstić information content (AvgIpc) is 3.25. The van der Waals surface area contributed by atoms with E-state index < -0.39 is 6.10 Å². The summed E-state index contributed by atoms with van der Waals surface area (Å²) in [5.41, 5.74) is 1.93. The van der Waals surface area contributed by atoms with Crippen molar-refractivity contribution in [2.24, 2.45) is 11.1 Å². The molecule has 0 bridgehead atoms. The van der Waals surface area contributed by atoms with Gasteiger partial charge in [-0.3, -0.25) is 9.69 Å². The second-order valence-electron chi connectivity index (χ2n) is 7.25. The van der Waals surface area contributed by atoms with Crippen molar-refractivity contribution in [3.05, 3.63) is 21.9 Å². The molecule has 2 aliphatic heterocycles. The van der Waals surface area contributed by atoms with Crippen molar-refractivity contribution in [2.45, 2.75) is 39.3 Å². The van der Waals surface area contributed by atoms with Crippen molar-refractivity contribution in [1.82, 2.24) is 9.80 Å². The van der Waals surface area contributed by atoms with Gasteiger partial charge in [0.15, 0.2) is 0 Å². The SMILES string of the molecule is CC(C)C1=NOC(C(=O)N2CCCN(Cc3cc(C#CCO)cs3)CC2)C1. The lowest BCUT2D eigenvalue weighted by molar-refractivity contribution is -0.141. The number of carbonyl (C=O) groups is 1. The zero-order chi connectivity index (χ0) is 19.2. The van der Waals surface area contributed by atoms with Crippen LogP contribution >= 0.6 is 11.3 Å². The zero-order valence-corrected chi connectivity index (χ0v) is 16.8. The first-order valence-electron chi connectivity index (χ1n) is 9.47. The van der Waals surface area contributed by atoms with Crippen LogP contribution in [0.25, 0.3) is 0 Å². The molecule has 1 N–H and O–H groups in total. The summed E-state index contributed by atoms with van der Waals surface area (Å²) in [4.78, 5) is 23.7. The Labute approximate surface area is 164 Å². The van der Waals surface area contributed by atoms with Crippen LogP contribution in [-0.2, 0) is 16.2 Å². The predicted molar refractivity (Wildman–Crippen MR) is 107 cm³/mol. The summed E-state index contributed by atoms with van der Waals surface area (Å²) < 4.78 is 0. The maximum absolute atomic E-state index is 12.8. The number of hydrogen-bond acceptors (Lipinski definition) is 6. The van der Waals surface area contributed by atoms with Gasteiger partial charge in [-0.25, -0.2) is 0 Å². The third-order valence-electron chi connectivity index (χ3n) is 4.88. The molecule has 0 saturated carbocycles. The van der Waals surface area contributed by atoms with Gasteiger partial charge < -0.3 is 14.8 Å². The number of nitrogens with zero attached hydrogens (tertiary/aromatic N) is 3. The minimum absolute atomic E-state index is 0.0638. The first-order chi connectivity index (χ1) is 13.1. The van der Waals surface area contributed by atoms with Gasteiger partial charge in [0.05, 0.1) is 5.71 Å². The Bertz CT molecular complexity index is 747. The Kier molecular flexibility index (Phi) is 6.89. The molecule has 1 unspecified atom stereocenters.